The summed E-state index contributed by atoms with van der Waals surface area (Å²) in [5.41, 5.74) is 5.26. The van der Waals surface area contributed by atoms with Gasteiger partial charge in [0.1, 0.15) is 5.75 Å². The first-order valence-electron chi connectivity index (χ1n) is 7.90. The lowest BCUT2D eigenvalue weighted by Crippen LogP contribution is -2.15. The first-order valence-corrected chi connectivity index (χ1v) is 7.90. The van der Waals surface area contributed by atoms with E-state index in [4.69, 9.17) is 11.2 Å². The zero-order valence-corrected chi connectivity index (χ0v) is 14.5. The van der Waals surface area contributed by atoms with E-state index in [1.807, 2.05) is 19.1 Å². The highest BCUT2D eigenvalue weighted by molar-refractivity contribution is 5.51. The summed E-state index contributed by atoms with van der Waals surface area (Å²) in [6.45, 7) is 10.2. The molecule has 0 fully saturated rings. The first-order chi connectivity index (χ1) is 10.9. The van der Waals surface area contributed by atoms with E-state index in [2.05, 4.69) is 56.0 Å². The molecule has 2 aromatic rings. The summed E-state index contributed by atoms with van der Waals surface area (Å²) >= 11 is 0. The molecule has 3 heteroatoms. The maximum atomic E-state index is 6.06. The van der Waals surface area contributed by atoms with Gasteiger partial charge in [-0.25, -0.2) is 4.98 Å². The number of anilines is 1. The van der Waals surface area contributed by atoms with Crippen molar-refractivity contribution in [3.8, 4) is 24.0 Å². The normalized spacial score (nSPS) is 11.7. The number of hydrogen-bond donors (Lipinski definition) is 1. The molecule has 0 saturated heterocycles. The molecule has 0 aliphatic carbocycles. The lowest BCUT2D eigenvalue weighted by atomic mass is 10.1. The number of ether oxygens (including phenoxy) is 1. The molecule has 0 spiro atoms. The van der Waals surface area contributed by atoms with Crippen molar-refractivity contribution in [3.63, 3.8) is 0 Å². The fourth-order valence-corrected chi connectivity index (χ4v) is 2.67. The van der Waals surface area contributed by atoms with Gasteiger partial charge in [-0.2, -0.15) is 0 Å². The van der Waals surface area contributed by atoms with E-state index in [0.29, 0.717) is 5.88 Å². The Labute approximate surface area is 139 Å². The third kappa shape index (κ3) is 4.26. The van der Waals surface area contributed by atoms with E-state index in [1.165, 1.54) is 5.56 Å². The molecule has 0 aliphatic heterocycles. The number of rotatable bonds is 5. The van der Waals surface area contributed by atoms with Crippen molar-refractivity contribution in [1.29, 1.82) is 0 Å². The molecule has 0 radical (unpaired) electrons. The van der Waals surface area contributed by atoms with Crippen molar-refractivity contribution in [3.05, 3.63) is 46.6 Å². The van der Waals surface area contributed by atoms with Crippen LogP contribution in [-0.2, 0) is 0 Å². The summed E-state index contributed by atoms with van der Waals surface area (Å²) < 4.78 is 6.06. The molecule has 23 heavy (non-hydrogen) atoms. The van der Waals surface area contributed by atoms with E-state index < -0.39 is 0 Å². The number of hydrogen-bond acceptors (Lipinski definition) is 3. The second-order valence-electron chi connectivity index (χ2n) is 5.94. The summed E-state index contributed by atoms with van der Waals surface area (Å²) in [6, 6.07) is 8.10. The third-order valence-electron chi connectivity index (χ3n) is 3.69. The fourth-order valence-electron chi connectivity index (χ4n) is 2.67. The van der Waals surface area contributed by atoms with Crippen LogP contribution in [0, 0.1) is 40.0 Å². The van der Waals surface area contributed by atoms with Gasteiger partial charge in [-0.3, -0.25) is 0 Å². The molecule has 1 aromatic heterocycles. The summed E-state index contributed by atoms with van der Waals surface area (Å²) in [4.78, 5) is 4.48. The molecule has 1 heterocycles. The standard InChI is InChI=1S/C20H24N2O/c1-7-17(8-2)22-18-11-16(6)21-19(12-18)23-20-14(4)9-13(3)10-15(20)5/h1,9-12,17H,8H2,2-6H3,(H,21,22). The van der Waals surface area contributed by atoms with Crippen LogP contribution in [0.3, 0.4) is 0 Å². The van der Waals surface area contributed by atoms with E-state index in [0.717, 1.165) is 34.7 Å². The van der Waals surface area contributed by atoms with Crippen LogP contribution in [0.4, 0.5) is 5.69 Å². The maximum absolute atomic E-state index is 6.06. The quantitative estimate of drug-likeness (QED) is 0.795. The average molecular weight is 308 g/mol. The van der Waals surface area contributed by atoms with Gasteiger partial charge in [0.2, 0.25) is 5.88 Å². The van der Waals surface area contributed by atoms with E-state index in [-0.39, 0.29) is 6.04 Å². The number of nitrogens with zero attached hydrogens (tertiary/aromatic N) is 1. The van der Waals surface area contributed by atoms with Crippen LogP contribution in [0.1, 0.15) is 35.7 Å². The molecular weight excluding hydrogens is 284 g/mol. The Hall–Kier alpha value is -2.47. The van der Waals surface area contributed by atoms with Crippen molar-refractivity contribution >= 4 is 5.69 Å². The maximum Gasteiger partial charge on any atom is 0.221 e. The van der Waals surface area contributed by atoms with Crippen LogP contribution in [0.25, 0.3) is 0 Å². The van der Waals surface area contributed by atoms with Crippen LogP contribution >= 0.6 is 0 Å². The second kappa shape index (κ2) is 7.19. The summed E-state index contributed by atoms with van der Waals surface area (Å²) in [5, 5.41) is 3.33. The topological polar surface area (TPSA) is 34.2 Å². The third-order valence-corrected chi connectivity index (χ3v) is 3.69. The molecule has 0 saturated carbocycles. The lowest BCUT2D eigenvalue weighted by molar-refractivity contribution is 0.455. The predicted molar refractivity (Wildman–Crippen MR) is 96.2 cm³/mol. The van der Waals surface area contributed by atoms with Gasteiger partial charge < -0.3 is 10.1 Å². The monoisotopic (exact) mass is 308 g/mol. The molecule has 2 rings (SSSR count). The number of nitrogens with one attached hydrogen (secondary N) is 1. The summed E-state index contributed by atoms with van der Waals surface area (Å²) in [6.07, 6.45) is 6.39. The van der Waals surface area contributed by atoms with Crippen molar-refractivity contribution in [2.45, 2.75) is 47.1 Å². The molecule has 0 aliphatic rings. The molecule has 1 aromatic carbocycles. The van der Waals surface area contributed by atoms with E-state index in [9.17, 15) is 0 Å². The minimum atomic E-state index is 0.00694. The minimum Gasteiger partial charge on any atom is -0.438 e. The van der Waals surface area contributed by atoms with Crippen molar-refractivity contribution in [2.75, 3.05) is 5.32 Å². The molecule has 1 unspecified atom stereocenters. The van der Waals surface area contributed by atoms with Gasteiger partial charge in [0.15, 0.2) is 0 Å². The highest BCUT2D eigenvalue weighted by Crippen LogP contribution is 2.30. The zero-order valence-electron chi connectivity index (χ0n) is 14.5. The molecule has 1 N–H and O–H groups in total. The van der Waals surface area contributed by atoms with Crippen molar-refractivity contribution in [1.82, 2.24) is 4.98 Å². The SMILES string of the molecule is C#CC(CC)Nc1cc(C)nc(Oc2c(C)cc(C)cc2C)c1. The second-order valence-corrected chi connectivity index (χ2v) is 5.94. The molecule has 3 nitrogen and oxygen atoms in total. The Balaban J connectivity index is 2.31. The fraction of sp³-hybridized carbons (Fsp3) is 0.350. The van der Waals surface area contributed by atoms with Gasteiger partial charge in [-0.1, -0.05) is 30.5 Å². The van der Waals surface area contributed by atoms with E-state index >= 15 is 0 Å². The van der Waals surface area contributed by atoms with Gasteiger partial charge in [0.05, 0.1) is 6.04 Å². The Morgan fingerprint density at radius 1 is 1.13 bits per heavy atom. The van der Waals surface area contributed by atoms with Crippen molar-refractivity contribution in [2.24, 2.45) is 0 Å². The molecule has 0 bridgehead atoms. The Morgan fingerprint density at radius 2 is 1.78 bits per heavy atom. The highest BCUT2D eigenvalue weighted by Gasteiger charge is 2.10. The smallest absolute Gasteiger partial charge is 0.221 e. The molecule has 0 amide bonds. The van der Waals surface area contributed by atoms with Crippen LogP contribution in [0.2, 0.25) is 0 Å². The largest absolute Gasteiger partial charge is 0.438 e. The number of benzene rings is 1. The van der Waals surface area contributed by atoms with Crippen LogP contribution in [0.5, 0.6) is 11.6 Å². The van der Waals surface area contributed by atoms with Gasteiger partial charge in [-0.15, -0.1) is 6.42 Å². The highest BCUT2D eigenvalue weighted by atomic mass is 16.5. The molecule has 120 valence electrons. The van der Waals surface area contributed by atoms with Gasteiger partial charge in [0.25, 0.3) is 0 Å². The van der Waals surface area contributed by atoms with Gasteiger partial charge >= 0.3 is 0 Å². The average Bonchev–Trinajstić information content (AvgIpc) is 2.48. The number of pyridine rings is 1. The zero-order chi connectivity index (χ0) is 17.0. The predicted octanol–water partition coefficient (Wildman–Crippen LogP) is 4.93. The van der Waals surface area contributed by atoms with Gasteiger partial charge in [0, 0.05) is 17.4 Å². The van der Waals surface area contributed by atoms with E-state index in [1.54, 1.807) is 0 Å². The van der Waals surface area contributed by atoms with Crippen LogP contribution in [-0.4, -0.2) is 11.0 Å². The van der Waals surface area contributed by atoms with Crippen LogP contribution < -0.4 is 10.1 Å². The molecular formula is C20H24N2O. The lowest BCUT2D eigenvalue weighted by Gasteiger charge is -2.16. The first kappa shape index (κ1) is 16.9. The minimum absolute atomic E-state index is 0.00694. The summed E-state index contributed by atoms with van der Waals surface area (Å²) in [5.74, 6) is 4.18. The summed E-state index contributed by atoms with van der Waals surface area (Å²) in [7, 11) is 0. The Bertz CT molecular complexity index is 721. The van der Waals surface area contributed by atoms with Crippen LogP contribution in [0.15, 0.2) is 24.3 Å². The number of terminal acetylenes is 1. The Kier molecular flexibility index (Phi) is 5.28. The Morgan fingerprint density at radius 3 is 2.35 bits per heavy atom. The number of aromatic nitrogens is 1. The van der Waals surface area contributed by atoms with Crippen molar-refractivity contribution < 1.29 is 4.74 Å². The van der Waals surface area contributed by atoms with Gasteiger partial charge in [-0.05, 0) is 51.3 Å². The molecule has 1 atom stereocenters. The number of aryl methyl sites for hydroxylation is 4.